The summed E-state index contributed by atoms with van der Waals surface area (Å²) in [6.07, 6.45) is -4.27. The molecule has 154 valence electrons. The molecule has 2 aromatic carbocycles. The van der Waals surface area contributed by atoms with Gasteiger partial charge in [0.1, 0.15) is 12.6 Å². The molecule has 0 unspecified atom stereocenters. The predicted octanol–water partition coefficient (Wildman–Crippen LogP) is 4.06. The average Bonchev–Trinajstić information content (AvgIpc) is 2.67. The Balaban J connectivity index is 1.87. The number of carbonyl (C=O) groups excluding carboxylic acids is 2. The van der Waals surface area contributed by atoms with Crippen LogP contribution in [0.15, 0.2) is 54.6 Å². The van der Waals surface area contributed by atoms with E-state index in [-0.39, 0.29) is 12.3 Å². The Morgan fingerprint density at radius 2 is 1.72 bits per heavy atom. The summed E-state index contributed by atoms with van der Waals surface area (Å²) in [6, 6.07) is 14.2. The summed E-state index contributed by atoms with van der Waals surface area (Å²) in [4.78, 5) is 26.2. The number of nitrogens with zero attached hydrogens (tertiary/aromatic N) is 1. The highest BCUT2D eigenvalue weighted by molar-refractivity contribution is 5.97. The first kappa shape index (κ1) is 20.9. The van der Waals surface area contributed by atoms with Gasteiger partial charge in [-0.1, -0.05) is 48.0 Å². The van der Waals surface area contributed by atoms with Crippen LogP contribution in [0.3, 0.4) is 0 Å². The molecule has 2 amide bonds. The van der Waals surface area contributed by atoms with Gasteiger partial charge < -0.3 is 10.2 Å². The molecule has 0 aromatic heterocycles. The number of hydrogen-bond acceptors (Lipinski definition) is 2. The van der Waals surface area contributed by atoms with E-state index in [1.165, 1.54) is 0 Å². The lowest BCUT2D eigenvalue weighted by Gasteiger charge is -2.43. The van der Waals surface area contributed by atoms with Gasteiger partial charge in [-0.25, -0.2) is 0 Å². The summed E-state index contributed by atoms with van der Waals surface area (Å²) >= 11 is 0. The zero-order valence-corrected chi connectivity index (χ0v) is 16.2. The number of nitrogens with one attached hydrogen (secondary N) is 1. The molecule has 3 atom stereocenters. The molecule has 0 bridgehead atoms. The predicted molar refractivity (Wildman–Crippen MR) is 103 cm³/mol. The smallest absolute Gasteiger partial charge is 0.340 e. The fourth-order valence-electron chi connectivity index (χ4n) is 3.77. The fourth-order valence-corrected chi connectivity index (χ4v) is 3.77. The van der Waals surface area contributed by atoms with Crippen molar-refractivity contribution < 1.29 is 22.8 Å². The van der Waals surface area contributed by atoms with Crippen LogP contribution in [0.4, 0.5) is 13.2 Å². The lowest BCUT2D eigenvalue weighted by molar-refractivity contribution is -0.170. The van der Waals surface area contributed by atoms with Gasteiger partial charge in [0.05, 0.1) is 0 Å². The van der Waals surface area contributed by atoms with Gasteiger partial charge in [-0.2, -0.15) is 13.2 Å². The third-order valence-electron chi connectivity index (χ3n) is 5.34. The van der Waals surface area contributed by atoms with Gasteiger partial charge in [0.15, 0.2) is 0 Å². The Morgan fingerprint density at radius 1 is 1.10 bits per heavy atom. The van der Waals surface area contributed by atoms with Crippen LogP contribution < -0.4 is 5.32 Å². The minimum atomic E-state index is -4.52. The minimum absolute atomic E-state index is 0.246. The van der Waals surface area contributed by atoms with Crippen LogP contribution in [0.1, 0.15) is 40.7 Å². The van der Waals surface area contributed by atoms with Gasteiger partial charge in [-0.3, -0.25) is 9.59 Å². The number of benzene rings is 2. The van der Waals surface area contributed by atoms with E-state index in [0.29, 0.717) is 5.56 Å². The van der Waals surface area contributed by atoms with Crippen LogP contribution in [0.25, 0.3) is 0 Å². The standard InChI is InChI=1S/C22H23F3N2O2/c1-14-8-10-17(11-9-14)20(28)26-19-12-18(16-6-4-3-5-7-16)15(2)27(21(19)29)13-22(23,24)25/h3-11,15,18-19H,12-13H2,1-2H3,(H,26,28)/t15-,18-,19+/m1/s1. The Hall–Kier alpha value is -2.83. The maximum Gasteiger partial charge on any atom is 0.406 e. The first-order valence-corrected chi connectivity index (χ1v) is 9.45. The maximum absolute atomic E-state index is 13.1. The van der Waals surface area contributed by atoms with Crippen molar-refractivity contribution in [3.8, 4) is 0 Å². The second-order valence-electron chi connectivity index (χ2n) is 7.47. The molecule has 1 aliphatic heterocycles. The van der Waals surface area contributed by atoms with E-state index in [1.807, 2.05) is 37.3 Å². The van der Waals surface area contributed by atoms with Crippen LogP contribution in [0.5, 0.6) is 0 Å². The first-order chi connectivity index (χ1) is 13.7. The summed E-state index contributed by atoms with van der Waals surface area (Å²) in [7, 11) is 0. The molecular formula is C22H23F3N2O2. The molecule has 1 saturated heterocycles. The van der Waals surface area contributed by atoms with Crippen LogP contribution in [-0.4, -0.2) is 41.5 Å². The van der Waals surface area contributed by atoms with Crippen molar-refractivity contribution >= 4 is 11.8 Å². The van der Waals surface area contributed by atoms with Crippen molar-refractivity contribution in [2.75, 3.05) is 6.54 Å². The number of rotatable bonds is 4. The van der Waals surface area contributed by atoms with E-state index in [4.69, 9.17) is 0 Å². The average molecular weight is 404 g/mol. The molecule has 7 heteroatoms. The highest BCUT2D eigenvalue weighted by Crippen LogP contribution is 2.35. The van der Waals surface area contributed by atoms with E-state index in [9.17, 15) is 22.8 Å². The molecule has 1 heterocycles. The summed E-state index contributed by atoms with van der Waals surface area (Å²) in [5.74, 6) is -1.50. The van der Waals surface area contributed by atoms with Gasteiger partial charge >= 0.3 is 6.18 Å². The third kappa shape index (κ3) is 4.96. The lowest BCUT2D eigenvalue weighted by Crippen LogP contribution is -2.59. The highest BCUT2D eigenvalue weighted by Gasteiger charge is 2.45. The van der Waals surface area contributed by atoms with Crippen molar-refractivity contribution in [1.29, 1.82) is 0 Å². The summed E-state index contributed by atoms with van der Waals surface area (Å²) in [6.45, 7) is 2.17. The van der Waals surface area contributed by atoms with Crippen LogP contribution >= 0.6 is 0 Å². The summed E-state index contributed by atoms with van der Waals surface area (Å²) in [5, 5.41) is 2.64. The molecule has 0 aliphatic carbocycles. The molecule has 29 heavy (non-hydrogen) atoms. The SMILES string of the molecule is Cc1ccc(C(=O)N[C@H]2C[C@@H](c3ccccc3)[C@@H](C)N(CC(F)(F)F)C2=O)cc1. The van der Waals surface area contributed by atoms with Crippen molar-refractivity contribution in [2.24, 2.45) is 0 Å². The van der Waals surface area contributed by atoms with Gasteiger partial charge in [-0.15, -0.1) is 0 Å². The topological polar surface area (TPSA) is 49.4 Å². The van der Waals surface area contributed by atoms with Crippen molar-refractivity contribution in [3.05, 3.63) is 71.3 Å². The Bertz CT molecular complexity index is 866. The van der Waals surface area contributed by atoms with Crippen LogP contribution in [0.2, 0.25) is 0 Å². The van der Waals surface area contributed by atoms with E-state index in [2.05, 4.69) is 5.32 Å². The van der Waals surface area contributed by atoms with E-state index in [1.54, 1.807) is 31.2 Å². The zero-order valence-electron chi connectivity index (χ0n) is 16.2. The molecule has 0 radical (unpaired) electrons. The molecule has 3 rings (SSSR count). The number of hydrogen-bond donors (Lipinski definition) is 1. The molecule has 4 nitrogen and oxygen atoms in total. The largest absolute Gasteiger partial charge is 0.406 e. The van der Waals surface area contributed by atoms with E-state index < -0.39 is 36.6 Å². The number of amides is 2. The molecule has 0 saturated carbocycles. The highest BCUT2D eigenvalue weighted by atomic mass is 19.4. The lowest BCUT2D eigenvalue weighted by atomic mass is 9.81. The number of halogens is 3. The normalized spacial score (nSPS) is 22.4. The molecule has 1 aliphatic rings. The zero-order chi connectivity index (χ0) is 21.2. The number of likely N-dealkylation sites (tertiary alicyclic amines) is 1. The first-order valence-electron chi connectivity index (χ1n) is 9.45. The third-order valence-corrected chi connectivity index (χ3v) is 5.34. The maximum atomic E-state index is 13.1. The number of carbonyl (C=O) groups is 2. The molecule has 2 aromatic rings. The quantitative estimate of drug-likeness (QED) is 0.836. The second kappa shape index (κ2) is 8.27. The second-order valence-corrected chi connectivity index (χ2v) is 7.47. The van der Waals surface area contributed by atoms with Crippen LogP contribution in [-0.2, 0) is 4.79 Å². The van der Waals surface area contributed by atoms with Gasteiger partial charge in [0.2, 0.25) is 5.91 Å². The van der Waals surface area contributed by atoms with Crippen molar-refractivity contribution in [2.45, 2.75) is 44.4 Å². The van der Waals surface area contributed by atoms with E-state index >= 15 is 0 Å². The van der Waals surface area contributed by atoms with Crippen LogP contribution in [0, 0.1) is 6.92 Å². The van der Waals surface area contributed by atoms with E-state index in [0.717, 1.165) is 16.0 Å². The number of piperidine rings is 1. The minimum Gasteiger partial charge on any atom is -0.340 e. The number of alkyl halides is 3. The Labute approximate surface area is 167 Å². The Kier molecular flexibility index (Phi) is 5.96. The fraction of sp³-hybridized carbons (Fsp3) is 0.364. The van der Waals surface area contributed by atoms with Crippen molar-refractivity contribution in [1.82, 2.24) is 10.2 Å². The van der Waals surface area contributed by atoms with Gasteiger partial charge in [0, 0.05) is 17.5 Å². The summed E-state index contributed by atoms with van der Waals surface area (Å²) < 4.78 is 39.4. The monoisotopic (exact) mass is 404 g/mol. The summed E-state index contributed by atoms with van der Waals surface area (Å²) in [5.41, 5.74) is 2.18. The number of aryl methyl sites for hydroxylation is 1. The molecule has 0 spiro atoms. The molecule has 1 fully saturated rings. The molecule has 1 N–H and O–H groups in total. The van der Waals surface area contributed by atoms with Crippen molar-refractivity contribution in [3.63, 3.8) is 0 Å². The van der Waals surface area contributed by atoms with Gasteiger partial charge in [-0.05, 0) is 38.0 Å². The Morgan fingerprint density at radius 3 is 2.31 bits per heavy atom. The van der Waals surface area contributed by atoms with Gasteiger partial charge in [0.25, 0.3) is 5.91 Å². The molecular weight excluding hydrogens is 381 g/mol.